The van der Waals surface area contributed by atoms with E-state index in [1.54, 1.807) is 21.3 Å². The lowest BCUT2D eigenvalue weighted by molar-refractivity contribution is -0.115. The van der Waals surface area contributed by atoms with E-state index in [4.69, 9.17) is 14.2 Å². The molecular weight excluding hydrogens is 376 g/mol. The Morgan fingerprint density at radius 2 is 1.79 bits per heavy atom. The maximum absolute atomic E-state index is 12.5. The van der Waals surface area contributed by atoms with Crippen LogP contribution in [-0.2, 0) is 11.2 Å². The van der Waals surface area contributed by atoms with Gasteiger partial charge in [-0.1, -0.05) is 17.7 Å². The van der Waals surface area contributed by atoms with E-state index in [0.717, 1.165) is 16.7 Å². The molecule has 1 N–H and O–H groups in total. The third-order valence-electron chi connectivity index (χ3n) is 4.22. The summed E-state index contributed by atoms with van der Waals surface area (Å²) in [7, 11) is 4.81. The molecule has 0 atom stereocenters. The van der Waals surface area contributed by atoms with E-state index in [1.165, 1.54) is 11.3 Å². The first-order valence-electron chi connectivity index (χ1n) is 8.65. The zero-order chi connectivity index (χ0) is 20.1. The van der Waals surface area contributed by atoms with Gasteiger partial charge < -0.3 is 19.5 Å². The number of nitrogens with zero attached hydrogens (tertiary/aromatic N) is 1. The second-order valence-corrected chi connectivity index (χ2v) is 7.00. The van der Waals surface area contributed by atoms with Gasteiger partial charge in [0.1, 0.15) is 17.2 Å². The highest BCUT2D eigenvalue weighted by atomic mass is 32.1. The van der Waals surface area contributed by atoms with Gasteiger partial charge in [0.15, 0.2) is 5.13 Å². The molecule has 1 aromatic heterocycles. The zero-order valence-electron chi connectivity index (χ0n) is 16.2. The Balaban J connectivity index is 1.77. The Kier molecular flexibility index (Phi) is 6.16. The van der Waals surface area contributed by atoms with Crippen molar-refractivity contribution in [3.05, 3.63) is 52.9 Å². The Bertz CT molecular complexity index is 984. The van der Waals surface area contributed by atoms with E-state index in [2.05, 4.69) is 10.3 Å². The summed E-state index contributed by atoms with van der Waals surface area (Å²) in [6.07, 6.45) is 0.211. The molecule has 0 aliphatic rings. The van der Waals surface area contributed by atoms with Crippen molar-refractivity contribution in [2.24, 2.45) is 0 Å². The minimum absolute atomic E-state index is 0.151. The van der Waals surface area contributed by atoms with Gasteiger partial charge in [0.2, 0.25) is 5.91 Å². The van der Waals surface area contributed by atoms with Crippen molar-refractivity contribution >= 4 is 22.4 Å². The molecule has 1 amide bonds. The number of rotatable bonds is 7. The highest BCUT2D eigenvalue weighted by molar-refractivity contribution is 7.14. The Morgan fingerprint density at radius 3 is 2.50 bits per heavy atom. The highest BCUT2D eigenvalue weighted by Crippen LogP contribution is 2.35. The maximum atomic E-state index is 12.5. The predicted octanol–water partition coefficient (Wildman–Crippen LogP) is 4.33. The molecule has 0 saturated heterocycles. The van der Waals surface area contributed by atoms with E-state index in [0.29, 0.717) is 28.1 Å². The number of anilines is 1. The van der Waals surface area contributed by atoms with Gasteiger partial charge in [0.25, 0.3) is 0 Å². The van der Waals surface area contributed by atoms with Crippen LogP contribution in [0.4, 0.5) is 5.13 Å². The van der Waals surface area contributed by atoms with Gasteiger partial charge in [-0.15, -0.1) is 11.3 Å². The summed E-state index contributed by atoms with van der Waals surface area (Å²) in [4.78, 5) is 17.0. The molecule has 0 aliphatic heterocycles. The fourth-order valence-corrected chi connectivity index (χ4v) is 3.58. The number of ether oxygens (including phenoxy) is 3. The minimum atomic E-state index is -0.151. The van der Waals surface area contributed by atoms with Crippen molar-refractivity contribution in [3.63, 3.8) is 0 Å². The third kappa shape index (κ3) is 4.43. The monoisotopic (exact) mass is 398 g/mol. The number of aromatic nitrogens is 1. The molecule has 0 bridgehead atoms. The van der Waals surface area contributed by atoms with Gasteiger partial charge in [0.05, 0.1) is 33.4 Å². The molecule has 0 radical (unpaired) electrons. The number of carbonyl (C=O) groups excluding carboxylic acids is 1. The van der Waals surface area contributed by atoms with Crippen molar-refractivity contribution in [3.8, 4) is 28.5 Å². The van der Waals surface area contributed by atoms with Crippen molar-refractivity contribution in [2.75, 3.05) is 26.6 Å². The molecule has 146 valence electrons. The SMILES string of the molecule is COc1ccc(OC)c(-c2csc(NC(=O)Cc3cc(C)ccc3OC)n2)c1. The smallest absolute Gasteiger partial charge is 0.230 e. The molecule has 0 unspecified atom stereocenters. The normalized spacial score (nSPS) is 10.4. The number of methoxy groups -OCH3 is 3. The van der Waals surface area contributed by atoms with Crippen molar-refractivity contribution in [1.82, 2.24) is 4.98 Å². The molecular formula is C21H22N2O4S. The van der Waals surface area contributed by atoms with Gasteiger partial charge >= 0.3 is 0 Å². The average molecular weight is 398 g/mol. The molecule has 7 heteroatoms. The van der Waals surface area contributed by atoms with Gasteiger partial charge in [0, 0.05) is 16.5 Å². The molecule has 6 nitrogen and oxygen atoms in total. The quantitative estimate of drug-likeness (QED) is 0.642. The fourth-order valence-electron chi connectivity index (χ4n) is 2.85. The first-order valence-corrected chi connectivity index (χ1v) is 9.53. The molecule has 0 saturated carbocycles. The molecule has 0 aliphatic carbocycles. The summed E-state index contributed by atoms with van der Waals surface area (Å²) in [5.41, 5.74) is 3.43. The van der Waals surface area contributed by atoms with E-state index in [1.807, 2.05) is 48.7 Å². The van der Waals surface area contributed by atoms with E-state index in [-0.39, 0.29) is 12.3 Å². The fraction of sp³-hybridized carbons (Fsp3) is 0.238. The van der Waals surface area contributed by atoms with Crippen molar-refractivity contribution in [2.45, 2.75) is 13.3 Å². The van der Waals surface area contributed by atoms with Crippen LogP contribution in [0.25, 0.3) is 11.3 Å². The number of nitrogens with one attached hydrogen (secondary N) is 1. The number of benzene rings is 2. The second kappa shape index (κ2) is 8.75. The molecule has 3 rings (SSSR count). The summed E-state index contributed by atoms with van der Waals surface area (Å²) in [6.45, 7) is 1.98. The number of aryl methyl sites for hydroxylation is 1. The lowest BCUT2D eigenvalue weighted by Crippen LogP contribution is -2.14. The summed E-state index contributed by atoms with van der Waals surface area (Å²) < 4.78 is 16.0. The second-order valence-electron chi connectivity index (χ2n) is 6.14. The lowest BCUT2D eigenvalue weighted by Gasteiger charge is -2.09. The molecule has 0 spiro atoms. The highest BCUT2D eigenvalue weighted by Gasteiger charge is 2.14. The van der Waals surface area contributed by atoms with Crippen LogP contribution in [-0.4, -0.2) is 32.2 Å². The van der Waals surface area contributed by atoms with Gasteiger partial charge in [-0.2, -0.15) is 0 Å². The number of thiazole rings is 1. The maximum Gasteiger partial charge on any atom is 0.230 e. The van der Waals surface area contributed by atoms with Crippen LogP contribution in [0.1, 0.15) is 11.1 Å². The van der Waals surface area contributed by atoms with E-state index >= 15 is 0 Å². The lowest BCUT2D eigenvalue weighted by atomic mass is 10.1. The standard InChI is InChI=1S/C21H22N2O4S/c1-13-5-7-18(26-3)14(9-13)10-20(24)23-21-22-17(12-28-21)16-11-15(25-2)6-8-19(16)27-4/h5-9,11-12H,10H2,1-4H3,(H,22,23,24). The number of hydrogen-bond donors (Lipinski definition) is 1. The minimum Gasteiger partial charge on any atom is -0.497 e. The van der Waals surface area contributed by atoms with Crippen LogP contribution in [0.15, 0.2) is 41.8 Å². The van der Waals surface area contributed by atoms with Crippen LogP contribution in [0.3, 0.4) is 0 Å². The molecule has 1 heterocycles. The average Bonchev–Trinajstić information content (AvgIpc) is 3.15. The number of carbonyl (C=O) groups is 1. The number of amides is 1. The van der Waals surface area contributed by atoms with Crippen LogP contribution >= 0.6 is 11.3 Å². The van der Waals surface area contributed by atoms with Crippen LogP contribution in [0, 0.1) is 6.92 Å². The predicted molar refractivity (Wildman–Crippen MR) is 111 cm³/mol. The topological polar surface area (TPSA) is 69.7 Å². The summed E-state index contributed by atoms with van der Waals surface area (Å²) >= 11 is 1.36. The molecule has 2 aromatic carbocycles. The largest absolute Gasteiger partial charge is 0.497 e. The molecule has 3 aromatic rings. The van der Waals surface area contributed by atoms with Gasteiger partial charge in [-0.3, -0.25) is 4.79 Å². The first kappa shape index (κ1) is 19.7. The molecule has 28 heavy (non-hydrogen) atoms. The van der Waals surface area contributed by atoms with Gasteiger partial charge in [-0.05, 0) is 31.2 Å². The van der Waals surface area contributed by atoms with Gasteiger partial charge in [-0.25, -0.2) is 4.98 Å². The Labute approximate surface area is 168 Å². The zero-order valence-corrected chi connectivity index (χ0v) is 17.1. The summed E-state index contributed by atoms with van der Waals surface area (Å²) in [6, 6.07) is 11.3. The third-order valence-corrected chi connectivity index (χ3v) is 4.98. The summed E-state index contributed by atoms with van der Waals surface area (Å²) in [5.74, 6) is 1.94. The Hall–Kier alpha value is -3.06. The van der Waals surface area contributed by atoms with Crippen molar-refractivity contribution in [1.29, 1.82) is 0 Å². The number of hydrogen-bond acceptors (Lipinski definition) is 6. The van der Waals surface area contributed by atoms with Crippen molar-refractivity contribution < 1.29 is 19.0 Å². The first-order chi connectivity index (χ1) is 13.5. The van der Waals surface area contributed by atoms with Crippen LogP contribution in [0.2, 0.25) is 0 Å². The summed E-state index contributed by atoms with van der Waals surface area (Å²) in [5, 5.41) is 5.26. The van der Waals surface area contributed by atoms with Crippen LogP contribution in [0.5, 0.6) is 17.2 Å². The van der Waals surface area contributed by atoms with Crippen LogP contribution < -0.4 is 19.5 Å². The van der Waals surface area contributed by atoms with E-state index in [9.17, 15) is 4.79 Å². The molecule has 0 fully saturated rings. The van der Waals surface area contributed by atoms with E-state index < -0.39 is 0 Å². The Morgan fingerprint density at radius 1 is 1.04 bits per heavy atom.